The minimum atomic E-state index is -0.274. The van der Waals surface area contributed by atoms with E-state index in [1.54, 1.807) is 0 Å². The van der Waals surface area contributed by atoms with Crippen LogP contribution in [0.2, 0.25) is 0 Å². The first kappa shape index (κ1) is 44.2. The van der Waals surface area contributed by atoms with Crippen molar-refractivity contribution in [1.82, 2.24) is 0 Å². The first-order valence-electron chi connectivity index (χ1n) is 24.1. The van der Waals surface area contributed by atoms with Crippen molar-refractivity contribution >= 4 is 76.6 Å². The Hall–Kier alpha value is -7.70. The smallest absolute Gasteiger partial charge is 0.339 e. The number of carbonyl (C=O) groups is 2. The highest BCUT2D eigenvalue weighted by Crippen LogP contribution is 2.46. The summed E-state index contributed by atoms with van der Waals surface area (Å²) in [7, 11) is 0. The van der Waals surface area contributed by atoms with Gasteiger partial charge in [0.25, 0.3) is 0 Å². The number of hydrogen-bond acceptors (Lipinski definition) is 6. The van der Waals surface area contributed by atoms with E-state index >= 15 is 0 Å². The molecule has 0 saturated heterocycles. The largest absolute Gasteiger partial charge is 0.493 e. The van der Waals surface area contributed by atoms with Crippen LogP contribution in [0, 0.1) is 0 Å². The molecule has 0 unspecified atom stereocenters. The lowest BCUT2D eigenvalue weighted by molar-refractivity contribution is 0.0492. The Morgan fingerprint density at radius 2 is 0.588 bits per heavy atom. The van der Waals surface area contributed by atoms with E-state index in [2.05, 4.69) is 84.9 Å². The van der Waals surface area contributed by atoms with Gasteiger partial charge in [-0.2, -0.15) is 0 Å². The molecular weight excluding hydrogens is 841 g/mol. The summed E-state index contributed by atoms with van der Waals surface area (Å²) in [5.74, 6) is 1.10. The molecule has 0 saturated carbocycles. The van der Waals surface area contributed by atoms with Gasteiger partial charge >= 0.3 is 11.9 Å². The monoisotopic (exact) mass is 894 g/mol. The zero-order valence-electron chi connectivity index (χ0n) is 38.3. The van der Waals surface area contributed by atoms with Gasteiger partial charge in [-0.25, -0.2) is 9.59 Å². The minimum Gasteiger partial charge on any atom is -0.493 e. The molecule has 0 aliphatic heterocycles. The topological polar surface area (TPSA) is 71.1 Å². The van der Waals surface area contributed by atoms with Gasteiger partial charge in [-0.1, -0.05) is 158 Å². The Morgan fingerprint density at radius 1 is 0.294 bits per heavy atom. The summed E-state index contributed by atoms with van der Waals surface area (Å²) in [5, 5.41) is 12.3. The van der Waals surface area contributed by atoms with Crippen LogP contribution in [0.15, 0.2) is 182 Å². The van der Waals surface area contributed by atoms with Crippen molar-refractivity contribution in [2.45, 2.75) is 51.4 Å². The molecule has 68 heavy (non-hydrogen) atoms. The Labute approximate surface area is 397 Å². The number of benzene rings is 10. The molecule has 0 aliphatic rings. The third-order valence-electron chi connectivity index (χ3n) is 13.0. The van der Waals surface area contributed by atoms with Gasteiger partial charge in [0.1, 0.15) is 11.5 Å². The number of hydrogen-bond donors (Lipinski definition) is 0. The van der Waals surface area contributed by atoms with Crippen LogP contribution in [-0.4, -0.2) is 38.4 Å². The number of fused-ring (bicyclic) bond motifs is 6. The van der Waals surface area contributed by atoms with Crippen molar-refractivity contribution in [2.24, 2.45) is 0 Å². The van der Waals surface area contributed by atoms with E-state index in [4.69, 9.17) is 18.9 Å². The van der Waals surface area contributed by atoms with Crippen molar-refractivity contribution in [3.63, 3.8) is 0 Å². The predicted octanol–water partition coefficient (Wildman–Crippen LogP) is 15.9. The molecular formula is C62H54O6. The molecule has 0 radical (unpaired) electrons. The van der Waals surface area contributed by atoms with Crippen LogP contribution in [0.25, 0.3) is 75.8 Å². The molecule has 10 aromatic rings. The maximum absolute atomic E-state index is 13.5. The van der Waals surface area contributed by atoms with Crippen molar-refractivity contribution in [2.75, 3.05) is 26.4 Å². The molecule has 0 atom stereocenters. The van der Waals surface area contributed by atoms with Crippen molar-refractivity contribution in [1.29, 1.82) is 0 Å². The molecule has 0 N–H and O–H groups in total. The molecule has 338 valence electrons. The Balaban J connectivity index is 0.749. The highest BCUT2D eigenvalue weighted by molar-refractivity contribution is 6.18. The zero-order valence-corrected chi connectivity index (χ0v) is 38.3. The van der Waals surface area contributed by atoms with Gasteiger partial charge in [0.15, 0.2) is 0 Å². The van der Waals surface area contributed by atoms with Crippen LogP contribution in [0.3, 0.4) is 0 Å². The molecule has 10 aromatic carbocycles. The predicted molar refractivity (Wildman–Crippen MR) is 278 cm³/mol. The van der Waals surface area contributed by atoms with E-state index in [1.807, 2.05) is 97.1 Å². The van der Waals surface area contributed by atoms with E-state index in [9.17, 15) is 9.59 Å². The van der Waals surface area contributed by atoms with Crippen LogP contribution >= 0.6 is 0 Å². The Kier molecular flexibility index (Phi) is 13.5. The number of esters is 2. The van der Waals surface area contributed by atoms with Crippen LogP contribution < -0.4 is 9.47 Å². The highest BCUT2D eigenvalue weighted by Gasteiger charge is 2.21. The van der Waals surface area contributed by atoms with Crippen LogP contribution in [0.1, 0.15) is 72.1 Å². The summed E-state index contributed by atoms with van der Waals surface area (Å²) in [4.78, 5) is 27.0. The lowest BCUT2D eigenvalue weighted by Gasteiger charge is -2.20. The zero-order chi connectivity index (χ0) is 46.1. The lowest BCUT2D eigenvalue weighted by Crippen LogP contribution is -2.08. The van der Waals surface area contributed by atoms with Crippen molar-refractivity contribution in [3.8, 4) is 22.6 Å². The number of rotatable bonds is 19. The molecule has 0 spiro atoms. The Bertz CT molecular complexity index is 3090. The van der Waals surface area contributed by atoms with Gasteiger partial charge in [-0.15, -0.1) is 0 Å². The maximum Gasteiger partial charge on any atom is 0.339 e. The first-order valence-corrected chi connectivity index (χ1v) is 24.1. The number of carbonyl (C=O) groups excluding carboxylic acids is 2. The van der Waals surface area contributed by atoms with E-state index in [0.29, 0.717) is 37.6 Å². The highest BCUT2D eigenvalue weighted by atomic mass is 16.5. The van der Waals surface area contributed by atoms with Crippen molar-refractivity contribution in [3.05, 3.63) is 193 Å². The molecule has 10 rings (SSSR count). The normalized spacial score (nSPS) is 11.5. The summed E-state index contributed by atoms with van der Waals surface area (Å²) >= 11 is 0. The van der Waals surface area contributed by atoms with Crippen LogP contribution in [0.5, 0.6) is 11.5 Å². The maximum atomic E-state index is 13.5. The summed E-state index contributed by atoms with van der Waals surface area (Å²) in [6, 6.07) is 61.6. The van der Waals surface area contributed by atoms with E-state index < -0.39 is 0 Å². The second-order valence-corrected chi connectivity index (χ2v) is 17.5. The van der Waals surface area contributed by atoms with Gasteiger partial charge in [0.2, 0.25) is 0 Å². The van der Waals surface area contributed by atoms with Gasteiger partial charge in [-0.05, 0) is 140 Å². The third kappa shape index (κ3) is 9.45. The second-order valence-electron chi connectivity index (χ2n) is 17.5. The molecule has 6 heteroatoms. The fraction of sp³-hybridized carbons (Fsp3) is 0.194. The SMILES string of the molecule is O=C(OCCCCCCOc1ccc2ccccc2c1-c1c(OCCCCCCOC(=O)c2c3ccccc3cc3ccccc23)ccc2ccccc12)c1c2ccccc2cc2ccccc12. The third-order valence-corrected chi connectivity index (χ3v) is 13.0. The van der Waals surface area contributed by atoms with Crippen molar-refractivity contribution < 1.29 is 28.5 Å². The summed E-state index contributed by atoms with van der Waals surface area (Å²) in [6.07, 6.45) is 7.04. The molecule has 0 aliphatic carbocycles. The summed E-state index contributed by atoms with van der Waals surface area (Å²) in [5.41, 5.74) is 3.33. The van der Waals surface area contributed by atoms with E-state index in [1.165, 1.54) is 0 Å². The summed E-state index contributed by atoms with van der Waals surface area (Å²) < 4.78 is 25.1. The van der Waals surface area contributed by atoms with Gasteiger partial charge in [0.05, 0.1) is 37.6 Å². The minimum absolute atomic E-state index is 0.274. The van der Waals surface area contributed by atoms with E-state index in [0.717, 1.165) is 139 Å². The van der Waals surface area contributed by atoms with E-state index in [-0.39, 0.29) is 11.9 Å². The first-order chi connectivity index (χ1) is 33.6. The molecule has 6 nitrogen and oxygen atoms in total. The average Bonchev–Trinajstić information content (AvgIpc) is 3.38. The average molecular weight is 895 g/mol. The van der Waals surface area contributed by atoms with Crippen LogP contribution in [-0.2, 0) is 9.47 Å². The fourth-order valence-corrected chi connectivity index (χ4v) is 9.68. The van der Waals surface area contributed by atoms with Gasteiger partial charge in [-0.3, -0.25) is 0 Å². The van der Waals surface area contributed by atoms with Gasteiger partial charge < -0.3 is 18.9 Å². The molecule has 0 aromatic heterocycles. The molecule has 0 heterocycles. The molecule has 0 fully saturated rings. The summed E-state index contributed by atoms with van der Waals surface area (Å²) in [6.45, 7) is 1.86. The Morgan fingerprint density at radius 3 is 0.941 bits per heavy atom. The number of unbranched alkanes of at least 4 members (excludes halogenated alkanes) is 6. The molecule has 0 bridgehead atoms. The quantitative estimate of drug-likeness (QED) is 0.0457. The number of ether oxygens (including phenoxy) is 4. The second kappa shape index (κ2) is 20.9. The van der Waals surface area contributed by atoms with Crippen LogP contribution in [0.4, 0.5) is 0 Å². The standard InChI is InChI=1S/C62H54O6/c63-61(57-51-29-13-7-23-45(51)41-46-24-8-14-30-52(46)57)67-39-19-3-1-17-37-65-55-35-33-43-21-5-11-27-49(43)59(55)60-50-28-12-6-22-44(50)34-36-56(60)66-38-18-2-4-20-40-68-62(64)58-53-31-15-9-25-47(53)42-48-26-10-16-32-54(48)58/h5-16,21-36,41-42H,1-4,17-20,37-40H2. The molecule has 0 amide bonds. The van der Waals surface area contributed by atoms with Gasteiger partial charge in [0, 0.05) is 11.1 Å². The lowest BCUT2D eigenvalue weighted by atomic mass is 9.92. The fourth-order valence-electron chi connectivity index (χ4n) is 9.68.